The van der Waals surface area contributed by atoms with Crippen LogP contribution < -0.4 is 25.6 Å². The van der Waals surface area contributed by atoms with E-state index in [4.69, 9.17) is 21.7 Å². The van der Waals surface area contributed by atoms with E-state index >= 15 is 0 Å². The summed E-state index contributed by atoms with van der Waals surface area (Å²) < 4.78 is 10.8. The topological polar surface area (TPSA) is 88.7 Å². The molecule has 0 fully saturated rings. The van der Waals surface area contributed by atoms with E-state index in [9.17, 15) is 9.59 Å². The summed E-state index contributed by atoms with van der Waals surface area (Å²) in [6.45, 7) is 6.45. The summed E-state index contributed by atoms with van der Waals surface area (Å²) in [5.74, 6) is 0.860. The number of rotatable bonds is 7. The Morgan fingerprint density at radius 2 is 1.52 bits per heavy atom. The largest absolute Gasteiger partial charge is 0.494 e. The molecule has 29 heavy (non-hydrogen) atoms. The number of benzene rings is 2. The van der Waals surface area contributed by atoms with Gasteiger partial charge in [-0.05, 0) is 67.0 Å². The number of carbonyl (C=O) groups is 2. The van der Waals surface area contributed by atoms with Crippen LogP contribution in [0.3, 0.4) is 0 Å². The van der Waals surface area contributed by atoms with Crippen molar-refractivity contribution in [2.45, 2.75) is 26.7 Å². The molecule has 8 heteroatoms. The standard InChI is InChI=1S/C21H25N3O4S/c1-4-27-17-11-7-16(8-12-17)20(26)22-21(29)24-23-19(25)13-28-18-9-5-15(6-10-18)14(2)3/h5-12,14H,4,13H2,1-3H3,(H,23,25)(H2,22,24,26,29). The molecule has 0 aliphatic heterocycles. The molecule has 0 spiro atoms. The number of hydrogen-bond donors (Lipinski definition) is 3. The number of amides is 2. The minimum Gasteiger partial charge on any atom is -0.494 e. The van der Waals surface area contributed by atoms with E-state index in [-0.39, 0.29) is 11.7 Å². The van der Waals surface area contributed by atoms with Crippen LogP contribution in [0.25, 0.3) is 0 Å². The predicted octanol–water partition coefficient (Wildman–Crippen LogP) is 2.92. The van der Waals surface area contributed by atoms with Crippen LogP contribution in [0, 0.1) is 0 Å². The zero-order chi connectivity index (χ0) is 21.2. The highest BCUT2D eigenvalue weighted by molar-refractivity contribution is 7.80. The minimum absolute atomic E-state index is 0.0291. The molecule has 7 nitrogen and oxygen atoms in total. The molecule has 2 rings (SSSR count). The Hall–Kier alpha value is -3.13. The van der Waals surface area contributed by atoms with Crippen molar-refractivity contribution >= 4 is 29.1 Å². The monoisotopic (exact) mass is 415 g/mol. The van der Waals surface area contributed by atoms with Crippen molar-refractivity contribution in [3.63, 3.8) is 0 Å². The molecule has 2 amide bonds. The lowest BCUT2D eigenvalue weighted by molar-refractivity contribution is -0.123. The highest BCUT2D eigenvalue weighted by Crippen LogP contribution is 2.18. The lowest BCUT2D eigenvalue weighted by Crippen LogP contribution is -2.49. The van der Waals surface area contributed by atoms with Gasteiger partial charge in [-0.25, -0.2) is 0 Å². The zero-order valence-electron chi connectivity index (χ0n) is 16.7. The molecule has 0 unspecified atom stereocenters. The summed E-state index contributed by atoms with van der Waals surface area (Å²) >= 11 is 5.01. The van der Waals surface area contributed by atoms with E-state index in [0.717, 1.165) is 0 Å². The second kappa shape index (κ2) is 11.0. The zero-order valence-corrected chi connectivity index (χ0v) is 17.5. The van der Waals surface area contributed by atoms with Gasteiger partial charge in [-0.15, -0.1) is 0 Å². The summed E-state index contributed by atoms with van der Waals surface area (Å²) in [6, 6.07) is 14.2. The third kappa shape index (κ3) is 7.42. The Balaban J connectivity index is 1.72. The number of thiocarbonyl (C=S) groups is 1. The van der Waals surface area contributed by atoms with Crippen molar-refractivity contribution in [2.75, 3.05) is 13.2 Å². The molecule has 0 radical (unpaired) electrons. The number of ether oxygens (including phenoxy) is 2. The van der Waals surface area contributed by atoms with Crippen LogP contribution in [0.15, 0.2) is 48.5 Å². The molecular weight excluding hydrogens is 390 g/mol. The number of hydrazine groups is 1. The maximum absolute atomic E-state index is 12.1. The molecule has 2 aromatic carbocycles. The number of carbonyl (C=O) groups excluding carboxylic acids is 2. The van der Waals surface area contributed by atoms with E-state index in [0.29, 0.717) is 29.6 Å². The van der Waals surface area contributed by atoms with Crippen molar-refractivity contribution in [1.29, 1.82) is 0 Å². The Labute approximate surface area is 175 Å². The molecule has 3 N–H and O–H groups in total. The smallest absolute Gasteiger partial charge is 0.276 e. The molecule has 0 heterocycles. The maximum atomic E-state index is 12.1. The van der Waals surface area contributed by atoms with Gasteiger partial charge in [-0.3, -0.25) is 25.8 Å². The highest BCUT2D eigenvalue weighted by atomic mass is 32.1. The van der Waals surface area contributed by atoms with Crippen LogP contribution in [0.4, 0.5) is 0 Å². The van der Waals surface area contributed by atoms with Crippen molar-refractivity contribution in [2.24, 2.45) is 0 Å². The van der Waals surface area contributed by atoms with Crippen molar-refractivity contribution in [1.82, 2.24) is 16.2 Å². The summed E-state index contributed by atoms with van der Waals surface area (Å²) in [6.07, 6.45) is 0. The molecule has 0 saturated heterocycles. The molecular formula is C21H25N3O4S. The highest BCUT2D eigenvalue weighted by Gasteiger charge is 2.09. The molecule has 0 atom stereocenters. The summed E-state index contributed by atoms with van der Waals surface area (Å²) in [4.78, 5) is 24.0. The normalized spacial score (nSPS) is 10.2. The lowest BCUT2D eigenvalue weighted by atomic mass is 10.0. The fraction of sp³-hybridized carbons (Fsp3) is 0.286. The lowest BCUT2D eigenvalue weighted by Gasteiger charge is -2.12. The first kappa shape index (κ1) is 22.2. The molecule has 0 aromatic heterocycles. The summed E-state index contributed by atoms with van der Waals surface area (Å²) in [5.41, 5.74) is 6.45. The maximum Gasteiger partial charge on any atom is 0.276 e. The van der Waals surface area contributed by atoms with Gasteiger partial charge < -0.3 is 9.47 Å². The van der Waals surface area contributed by atoms with Crippen LogP contribution in [-0.2, 0) is 4.79 Å². The minimum atomic E-state index is -0.435. The first-order valence-electron chi connectivity index (χ1n) is 9.24. The fourth-order valence-electron chi connectivity index (χ4n) is 2.34. The number of hydrogen-bond acceptors (Lipinski definition) is 5. The first-order valence-corrected chi connectivity index (χ1v) is 9.65. The summed E-state index contributed by atoms with van der Waals surface area (Å²) in [5, 5.41) is 2.45. The average molecular weight is 416 g/mol. The van der Waals surface area contributed by atoms with Gasteiger partial charge >= 0.3 is 0 Å². The van der Waals surface area contributed by atoms with Crippen LogP contribution in [-0.4, -0.2) is 30.1 Å². The van der Waals surface area contributed by atoms with Crippen LogP contribution in [0.1, 0.15) is 42.6 Å². The fourth-order valence-corrected chi connectivity index (χ4v) is 2.48. The molecule has 0 saturated carbocycles. The molecule has 154 valence electrons. The van der Waals surface area contributed by atoms with Gasteiger partial charge in [0.25, 0.3) is 11.8 Å². The molecule has 0 aliphatic carbocycles. The van der Waals surface area contributed by atoms with E-state index in [1.54, 1.807) is 24.3 Å². The van der Waals surface area contributed by atoms with E-state index in [1.165, 1.54) is 5.56 Å². The predicted molar refractivity (Wildman–Crippen MR) is 115 cm³/mol. The van der Waals surface area contributed by atoms with E-state index in [1.807, 2.05) is 31.2 Å². The first-order chi connectivity index (χ1) is 13.9. The SMILES string of the molecule is CCOc1ccc(C(=O)NC(=S)NNC(=O)COc2ccc(C(C)C)cc2)cc1. The second-order valence-corrected chi connectivity index (χ2v) is 6.83. The number of nitrogens with one attached hydrogen (secondary N) is 3. The quantitative estimate of drug-likeness (QED) is 0.476. The van der Waals surface area contributed by atoms with Gasteiger partial charge in [0.2, 0.25) is 0 Å². The van der Waals surface area contributed by atoms with Crippen LogP contribution in [0.2, 0.25) is 0 Å². The third-order valence-electron chi connectivity index (χ3n) is 3.89. The van der Waals surface area contributed by atoms with E-state index < -0.39 is 11.8 Å². The van der Waals surface area contributed by atoms with Crippen molar-refractivity contribution in [3.8, 4) is 11.5 Å². The third-order valence-corrected chi connectivity index (χ3v) is 4.09. The van der Waals surface area contributed by atoms with Crippen molar-refractivity contribution in [3.05, 3.63) is 59.7 Å². The Morgan fingerprint density at radius 3 is 2.10 bits per heavy atom. The van der Waals surface area contributed by atoms with Gasteiger partial charge in [-0.1, -0.05) is 26.0 Å². The average Bonchev–Trinajstić information content (AvgIpc) is 2.71. The molecule has 2 aromatic rings. The molecule has 0 aliphatic rings. The van der Waals surface area contributed by atoms with Gasteiger partial charge in [0.05, 0.1) is 6.61 Å². The Kier molecular flexibility index (Phi) is 8.42. The van der Waals surface area contributed by atoms with Gasteiger partial charge in [0, 0.05) is 5.56 Å². The Morgan fingerprint density at radius 1 is 0.931 bits per heavy atom. The second-order valence-electron chi connectivity index (χ2n) is 6.43. The van der Waals surface area contributed by atoms with Gasteiger partial charge in [-0.2, -0.15) is 0 Å². The van der Waals surface area contributed by atoms with Gasteiger partial charge in [0.15, 0.2) is 11.7 Å². The van der Waals surface area contributed by atoms with Crippen LogP contribution in [0.5, 0.6) is 11.5 Å². The van der Waals surface area contributed by atoms with Crippen LogP contribution >= 0.6 is 12.2 Å². The Bertz CT molecular complexity index is 836. The molecule has 0 bridgehead atoms. The van der Waals surface area contributed by atoms with E-state index in [2.05, 4.69) is 30.0 Å². The summed E-state index contributed by atoms with van der Waals surface area (Å²) in [7, 11) is 0. The van der Waals surface area contributed by atoms with Crippen molar-refractivity contribution < 1.29 is 19.1 Å². The van der Waals surface area contributed by atoms with Gasteiger partial charge in [0.1, 0.15) is 11.5 Å².